The van der Waals surface area contributed by atoms with Crippen molar-refractivity contribution in [2.45, 2.75) is 0 Å². The standard InChI is InChI=1S/C6H3BrN4O2/c7-6-5-3(9-10-6)1-2-4(8-5)11(12)13/h1-2H,(H,9,10). The van der Waals surface area contributed by atoms with Gasteiger partial charge >= 0.3 is 5.82 Å². The van der Waals surface area contributed by atoms with Crippen LogP contribution in [0.3, 0.4) is 0 Å². The lowest BCUT2D eigenvalue weighted by molar-refractivity contribution is -0.389. The molecule has 13 heavy (non-hydrogen) atoms. The number of pyridine rings is 1. The molecular weight excluding hydrogens is 240 g/mol. The first-order valence-electron chi connectivity index (χ1n) is 3.33. The molecule has 0 unspecified atom stereocenters. The van der Waals surface area contributed by atoms with Gasteiger partial charge in [-0.05, 0) is 31.9 Å². The second-order valence-electron chi connectivity index (χ2n) is 2.33. The summed E-state index contributed by atoms with van der Waals surface area (Å²) in [5.74, 6) is -0.186. The average Bonchev–Trinajstić information content (AvgIpc) is 2.47. The van der Waals surface area contributed by atoms with Crippen LogP contribution in [-0.4, -0.2) is 20.1 Å². The van der Waals surface area contributed by atoms with Crippen LogP contribution in [0.5, 0.6) is 0 Å². The molecular formula is C6H3BrN4O2. The molecule has 0 aromatic carbocycles. The summed E-state index contributed by atoms with van der Waals surface area (Å²) in [6.07, 6.45) is 0. The number of rotatable bonds is 1. The Hall–Kier alpha value is -1.50. The molecule has 6 nitrogen and oxygen atoms in total. The van der Waals surface area contributed by atoms with Crippen molar-refractivity contribution in [1.82, 2.24) is 15.2 Å². The Balaban J connectivity index is 2.72. The van der Waals surface area contributed by atoms with Crippen LogP contribution in [0.2, 0.25) is 0 Å². The van der Waals surface area contributed by atoms with Crippen molar-refractivity contribution < 1.29 is 4.92 Å². The second-order valence-corrected chi connectivity index (χ2v) is 3.12. The summed E-state index contributed by atoms with van der Waals surface area (Å²) < 4.78 is 0.547. The van der Waals surface area contributed by atoms with Crippen molar-refractivity contribution in [3.8, 4) is 0 Å². The first-order chi connectivity index (χ1) is 6.18. The molecule has 0 bridgehead atoms. The van der Waals surface area contributed by atoms with Crippen LogP contribution >= 0.6 is 15.9 Å². The minimum Gasteiger partial charge on any atom is -0.358 e. The Labute approximate surface area is 80.3 Å². The molecule has 1 N–H and O–H groups in total. The van der Waals surface area contributed by atoms with E-state index in [1.807, 2.05) is 0 Å². The van der Waals surface area contributed by atoms with Crippen molar-refractivity contribution in [2.75, 3.05) is 0 Å². The Kier molecular flexibility index (Phi) is 1.73. The lowest BCUT2D eigenvalue weighted by Crippen LogP contribution is -1.90. The lowest BCUT2D eigenvalue weighted by Gasteiger charge is -1.89. The Morgan fingerprint density at radius 2 is 2.31 bits per heavy atom. The van der Waals surface area contributed by atoms with Crippen molar-refractivity contribution in [1.29, 1.82) is 0 Å². The van der Waals surface area contributed by atoms with Crippen molar-refractivity contribution in [3.63, 3.8) is 0 Å². The fourth-order valence-electron chi connectivity index (χ4n) is 0.957. The van der Waals surface area contributed by atoms with Crippen LogP contribution in [-0.2, 0) is 0 Å². The third-order valence-corrected chi connectivity index (χ3v) is 2.08. The smallest absolute Gasteiger partial charge is 0.358 e. The third kappa shape index (κ3) is 1.26. The molecule has 0 spiro atoms. The number of halogens is 1. The predicted molar refractivity (Wildman–Crippen MR) is 48.2 cm³/mol. The summed E-state index contributed by atoms with van der Waals surface area (Å²) in [5.41, 5.74) is 1.06. The van der Waals surface area contributed by atoms with E-state index < -0.39 is 4.92 Å². The van der Waals surface area contributed by atoms with Crippen LogP contribution in [0.4, 0.5) is 5.82 Å². The minimum atomic E-state index is -0.543. The molecule has 0 aliphatic heterocycles. The first-order valence-corrected chi connectivity index (χ1v) is 4.13. The van der Waals surface area contributed by atoms with Crippen LogP contribution in [0.25, 0.3) is 11.0 Å². The molecule has 66 valence electrons. The average molecular weight is 243 g/mol. The van der Waals surface area contributed by atoms with E-state index in [4.69, 9.17) is 0 Å². The molecule has 2 aromatic rings. The first kappa shape index (κ1) is 8.11. The molecule has 0 aliphatic rings. The van der Waals surface area contributed by atoms with Crippen molar-refractivity contribution >= 4 is 32.8 Å². The summed E-state index contributed by atoms with van der Waals surface area (Å²) in [7, 11) is 0. The molecule has 7 heteroatoms. The molecule has 0 aliphatic carbocycles. The molecule has 0 fully saturated rings. The van der Waals surface area contributed by atoms with Crippen LogP contribution in [0, 0.1) is 10.1 Å². The molecule has 0 saturated carbocycles. The number of H-pyrrole nitrogens is 1. The summed E-state index contributed by atoms with van der Waals surface area (Å²) >= 11 is 3.15. The summed E-state index contributed by atoms with van der Waals surface area (Å²) in [6, 6.07) is 2.86. The fraction of sp³-hybridized carbons (Fsp3) is 0. The van der Waals surface area contributed by atoms with Gasteiger partial charge in [-0.1, -0.05) is 0 Å². The van der Waals surface area contributed by atoms with Gasteiger partial charge in [-0.3, -0.25) is 5.10 Å². The van der Waals surface area contributed by atoms with E-state index in [0.717, 1.165) is 0 Å². The highest BCUT2D eigenvalue weighted by Crippen LogP contribution is 2.20. The summed E-state index contributed by atoms with van der Waals surface area (Å²) in [4.78, 5) is 13.6. The predicted octanol–water partition coefficient (Wildman–Crippen LogP) is 1.63. The lowest BCUT2D eigenvalue weighted by atomic mass is 10.4. The van der Waals surface area contributed by atoms with Gasteiger partial charge in [0.2, 0.25) is 5.52 Å². The normalized spacial score (nSPS) is 10.5. The van der Waals surface area contributed by atoms with E-state index in [0.29, 0.717) is 15.6 Å². The van der Waals surface area contributed by atoms with Gasteiger partial charge in [-0.15, -0.1) is 0 Å². The van der Waals surface area contributed by atoms with Gasteiger partial charge in [-0.2, -0.15) is 5.10 Å². The quantitative estimate of drug-likeness (QED) is 0.609. The highest BCUT2D eigenvalue weighted by molar-refractivity contribution is 9.10. The monoisotopic (exact) mass is 242 g/mol. The Morgan fingerprint density at radius 1 is 1.54 bits per heavy atom. The zero-order valence-corrected chi connectivity index (χ0v) is 7.78. The van der Waals surface area contributed by atoms with E-state index >= 15 is 0 Å². The summed E-state index contributed by atoms with van der Waals surface area (Å²) in [6.45, 7) is 0. The van der Waals surface area contributed by atoms with E-state index in [9.17, 15) is 10.1 Å². The maximum absolute atomic E-state index is 10.4. The zero-order chi connectivity index (χ0) is 9.42. The van der Waals surface area contributed by atoms with Gasteiger partial charge in [-0.25, -0.2) is 0 Å². The Morgan fingerprint density at radius 3 is 3.00 bits per heavy atom. The SMILES string of the molecule is O=[N+]([O-])c1ccc2n[nH]c(Br)c2n1. The highest BCUT2D eigenvalue weighted by Gasteiger charge is 2.13. The number of hydrogen-bond acceptors (Lipinski definition) is 4. The Bertz CT molecular complexity index is 480. The van der Waals surface area contributed by atoms with Crippen LogP contribution in [0.1, 0.15) is 0 Å². The van der Waals surface area contributed by atoms with Crippen LogP contribution in [0.15, 0.2) is 16.7 Å². The fourth-order valence-corrected chi connectivity index (χ4v) is 1.34. The zero-order valence-electron chi connectivity index (χ0n) is 6.19. The molecule has 2 heterocycles. The van der Waals surface area contributed by atoms with Gasteiger partial charge < -0.3 is 10.1 Å². The van der Waals surface area contributed by atoms with E-state index in [2.05, 4.69) is 31.1 Å². The maximum atomic E-state index is 10.4. The van der Waals surface area contributed by atoms with Gasteiger partial charge in [0.05, 0.1) is 0 Å². The van der Waals surface area contributed by atoms with E-state index in [-0.39, 0.29) is 5.82 Å². The van der Waals surface area contributed by atoms with E-state index in [1.165, 1.54) is 6.07 Å². The van der Waals surface area contributed by atoms with Gasteiger partial charge in [0.15, 0.2) is 4.60 Å². The molecule has 0 saturated heterocycles. The van der Waals surface area contributed by atoms with Gasteiger partial charge in [0, 0.05) is 6.07 Å². The highest BCUT2D eigenvalue weighted by atomic mass is 79.9. The van der Waals surface area contributed by atoms with Crippen molar-refractivity contribution in [3.05, 3.63) is 26.9 Å². The van der Waals surface area contributed by atoms with Gasteiger partial charge in [0.25, 0.3) is 0 Å². The molecule has 0 radical (unpaired) electrons. The number of aromatic amines is 1. The molecule has 0 atom stereocenters. The van der Waals surface area contributed by atoms with Crippen LogP contribution < -0.4 is 0 Å². The largest absolute Gasteiger partial charge is 0.364 e. The molecule has 2 rings (SSSR count). The number of fused-ring (bicyclic) bond motifs is 1. The molecule has 2 aromatic heterocycles. The number of nitro groups is 1. The summed E-state index contributed by atoms with van der Waals surface area (Å²) in [5, 5.41) is 16.9. The van der Waals surface area contributed by atoms with Crippen molar-refractivity contribution in [2.24, 2.45) is 0 Å². The second kappa shape index (κ2) is 2.77. The maximum Gasteiger partial charge on any atom is 0.364 e. The van der Waals surface area contributed by atoms with Gasteiger partial charge in [0.1, 0.15) is 5.52 Å². The topological polar surface area (TPSA) is 84.7 Å². The number of nitrogens with one attached hydrogen (secondary N) is 1. The third-order valence-electron chi connectivity index (χ3n) is 1.53. The number of aromatic nitrogens is 3. The minimum absolute atomic E-state index is 0.186. The van der Waals surface area contributed by atoms with E-state index in [1.54, 1.807) is 6.07 Å². The number of nitrogens with zero attached hydrogens (tertiary/aromatic N) is 3. The molecule has 0 amide bonds. The number of hydrogen-bond donors (Lipinski definition) is 1.